The van der Waals surface area contributed by atoms with Crippen molar-refractivity contribution < 1.29 is 14.3 Å². The summed E-state index contributed by atoms with van der Waals surface area (Å²) < 4.78 is 5.76. The van der Waals surface area contributed by atoms with Gasteiger partial charge in [0, 0.05) is 11.9 Å². The van der Waals surface area contributed by atoms with Crippen LogP contribution in [0.15, 0.2) is 42.6 Å². The normalized spacial score (nSPS) is 9.95. The number of para-hydroxylation sites is 1. The number of hydrogen-bond donors (Lipinski definition) is 1. The molecule has 1 amide bonds. The largest absolute Gasteiger partial charge is 0.448 e. The van der Waals surface area contributed by atoms with E-state index in [0.29, 0.717) is 5.69 Å². The van der Waals surface area contributed by atoms with Crippen molar-refractivity contribution in [3.63, 3.8) is 0 Å². The van der Waals surface area contributed by atoms with Crippen molar-refractivity contribution in [2.45, 2.75) is 6.92 Å². The van der Waals surface area contributed by atoms with E-state index in [0.717, 1.165) is 4.68 Å². The average Bonchev–Trinajstić information content (AvgIpc) is 2.90. The van der Waals surface area contributed by atoms with Crippen LogP contribution in [0, 0.1) is 0 Å². The number of carbonyl (C=O) groups excluding carboxylic acids is 2. The van der Waals surface area contributed by atoms with Crippen LogP contribution in [0.4, 0.5) is 10.5 Å². The Kier molecular flexibility index (Phi) is 3.92. The highest BCUT2D eigenvalue weighted by atomic mass is 16.5. The summed E-state index contributed by atoms with van der Waals surface area (Å²) in [5.41, 5.74) is 0.815. The zero-order valence-electron chi connectivity index (χ0n) is 10.4. The number of rotatable bonds is 3. The summed E-state index contributed by atoms with van der Waals surface area (Å²) >= 11 is 0. The van der Waals surface area contributed by atoms with E-state index in [-0.39, 0.29) is 18.2 Å². The third-order valence-corrected chi connectivity index (χ3v) is 2.31. The van der Waals surface area contributed by atoms with Gasteiger partial charge in [-0.1, -0.05) is 18.2 Å². The molecule has 0 bridgehead atoms. The van der Waals surface area contributed by atoms with Crippen molar-refractivity contribution >= 4 is 17.7 Å². The zero-order chi connectivity index (χ0) is 13.7. The minimum Gasteiger partial charge on any atom is -0.448 e. The number of carbonyl (C=O) groups is 2. The van der Waals surface area contributed by atoms with E-state index in [4.69, 9.17) is 4.74 Å². The molecular formula is C13H13N3O3. The van der Waals surface area contributed by atoms with Crippen molar-refractivity contribution in [1.82, 2.24) is 9.78 Å². The molecule has 0 spiro atoms. The molecule has 0 saturated carbocycles. The maximum Gasteiger partial charge on any atom is 0.434 e. The highest BCUT2D eigenvalue weighted by Crippen LogP contribution is 2.07. The number of nitrogens with zero attached hydrogens (tertiary/aromatic N) is 2. The highest BCUT2D eigenvalue weighted by molar-refractivity contribution is 6.02. The Morgan fingerprint density at radius 2 is 2.00 bits per heavy atom. The number of benzene rings is 1. The van der Waals surface area contributed by atoms with Crippen LogP contribution in [0.3, 0.4) is 0 Å². The fraction of sp³-hybridized carbons (Fsp3) is 0.154. The fourth-order valence-electron chi connectivity index (χ4n) is 1.45. The molecule has 0 saturated heterocycles. The van der Waals surface area contributed by atoms with Crippen LogP contribution in [0.25, 0.3) is 0 Å². The van der Waals surface area contributed by atoms with Gasteiger partial charge in [0.2, 0.25) is 0 Å². The molecule has 19 heavy (non-hydrogen) atoms. The highest BCUT2D eigenvalue weighted by Gasteiger charge is 2.13. The van der Waals surface area contributed by atoms with Crippen LogP contribution in [0.1, 0.15) is 17.4 Å². The molecule has 2 rings (SSSR count). The molecular weight excluding hydrogens is 246 g/mol. The van der Waals surface area contributed by atoms with Gasteiger partial charge in [0.15, 0.2) is 5.69 Å². The summed E-state index contributed by atoms with van der Waals surface area (Å²) in [7, 11) is 0. The average molecular weight is 259 g/mol. The zero-order valence-corrected chi connectivity index (χ0v) is 10.4. The Bertz CT molecular complexity index is 578. The van der Waals surface area contributed by atoms with E-state index in [1.54, 1.807) is 19.1 Å². The van der Waals surface area contributed by atoms with E-state index in [2.05, 4.69) is 10.4 Å². The molecule has 0 aliphatic carbocycles. The first kappa shape index (κ1) is 12.8. The molecule has 0 aliphatic heterocycles. The van der Waals surface area contributed by atoms with Crippen LogP contribution >= 0.6 is 0 Å². The predicted octanol–water partition coefficient (Wildman–Crippen LogP) is 2.14. The lowest BCUT2D eigenvalue weighted by Gasteiger charge is -2.02. The number of amides is 1. The van der Waals surface area contributed by atoms with E-state index in [9.17, 15) is 9.59 Å². The molecule has 0 atom stereocenters. The standard InChI is InChI=1S/C13H13N3O3/c1-2-19-13(18)16-9-8-11(15-16)12(17)14-10-6-4-3-5-7-10/h3-9H,2H2,1H3,(H,14,17). The summed E-state index contributed by atoms with van der Waals surface area (Å²) in [5, 5.41) is 6.53. The van der Waals surface area contributed by atoms with Crippen molar-refractivity contribution in [1.29, 1.82) is 0 Å². The van der Waals surface area contributed by atoms with Gasteiger partial charge in [0.1, 0.15) is 0 Å². The molecule has 1 aromatic heterocycles. The smallest absolute Gasteiger partial charge is 0.434 e. The number of nitrogens with one attached hydrogen (secondary N) is 1. The number of hydrogen-bond acceptors (Lipinski definition) is 4. The quantitative estimate of drug-likeness (QED) is 0.916. The Hall–Kier alpha value is -2.63. The molecule has 6 nitrogen and oxygen atoms in total. The van der Waals surface area contributed by atoms with Crippen molar-refractivity contribution in [2.75, 3.05) is 11.9 Å². The molecule has 0 unspecified atom stereocenters. The predicted molar refractivity (Wildman–Crippen MR) is 69.0 cm³/mol. The first-order chi connectivity index (χ1) is 9.20. The maximum atomic E-state index is 11.9. The van der Waals surface area contributed by atoms with Gasteiger partial charge in [-0.05, 0) is 25.1 Å². The van der Waals surface area contributed by atoms with Gasteiger partial charge < -0.3 is 10.1 Å². The topological polar surface area (TPSA) is 73.2 Å². The van der Waals surface area contributed by atoms with Gasteiger partial charge in [-0.15, -0.1) is 0 Å². The SMILES string of the molecule is CCOC(=O)n1ccc(C(=O)Nc2ccccc2)n1. The third-order valence-electron chi connectivity index (χ3n) is 2.31. The van der Waals surface area contributed by atoms with Gasteiger partial charge in [-0.2, -0.15) is 9.78 Å². The summed E-state index contributed by atoms with van der Waals surface area (Å²) in [6.07, 6.45) is 0.777. The Balaban J connectivity index is 2.06. The van der Waals surface area contributed by atoms with Gasteiger partial charge >= 0.3 is 6.09 Å². The van der Waals surface area contributed by atoms with Crippen molar-refractivity contribution in [2.24, 2.45) is 0 Å². The Morgan fingerprint density at radius 3 is 2.68 bits per heavy atom. The monoisotopic (exact) mass is 259 g/mol. The minimum absolute atomic E-state index is 0.150. The lowest BCUT2D eigenvalue weighted by molar-refractivity contribution is 0.102. The lowest BCUT2D eigenvalue weighted by Crippen LogP contribution is -2.17. The van der Waals surface area contributed by atoms with Gasteiger partial charge in [-0.25, -0.2) is 4.79 Å². The molecule has 0 aliphatic rings. The van der Waals surface area contributed by atoms with Crippen molar-refractivity contribution in [3.05, 3.63) is 48.3 Å². The van der Waals surface area contributed by atoms with E-state index in [1.165, 1.54) is 12.3 Å². The molecule has 1 heterocycles. The fourth-order valence-corrected chi connectivity index (χ4v) is 1.45. The van der Waals surface area contributed by atoms with Crippen LogP contribution < -0.4 is 5.32 Å². The Morgan fingerprint density at radius 1 is 1.26 bits per heavy atom. The second-order valence-electron chi connectivity index (χ2n) is 3.66. The summed E-state index contributed by atoms with van der Waals surface area (Å²) in [6.45, 7) is 1.95. The van der Waals surface area contributed by atoms with E-state index < -0.39 is 6.09 Å². The molecule has 2 aromatic rings. The second-order valence-corrected chi connectivity index (χ2v) is 3.66. The molecule has 98 valence electrons. The summed E-state index contributed by atoms with van der Waals surface area (Å²) in [5.74, 6) is -0.380. The number of ether oxygens (including phenoxy) is 1. The molecule has 1 N–H and O–H groups in total. The number of anilines is 1. The van der Waals surface area contributed by atoms with Crippen LogP contribution in [0.2, 0.25) is 0 Å². The summed E-state index contributed by atoms with van der Waals surface area (Å²) in [4.78, 5) is 23.3. The molecule has 0 radical (unpaired) electrons. The molecule has 1 aromatic carbocycles. The minimum atomic E-state index is -0.610. The van der Waals surface area contributed by atoms with E-state index >= 15 is 0 Å². The first-order valence-corrected chi connectivity index (χ1v) is 5.80. The summed E-state index contributed by atoms with van der Waals surface area (Å²) in [6, 6.07) is 10.5. The van der Waals surface area contributed by atoms with Crippen LogP contribution in [-0.2, 0) is 4.74 Å². The van der Waals surface area contributed by atoms with Crippen molar-refractivity contribution in [3.8, 4) is 0 Å². The molecule has 6 heteroatoms. The maximum absolute atomic E-state index is 11.9. The Labute approximate surface area is 110 Å². The van der Waals surface area contributed by atoms with Gasteiger partial charge in [0.05, 0.1) is 6.61 Å². The van der Waals surface area contributed by atoms with Crippen LogP contribution in [-0.4, -0.2) is 28.4 Å². The van der Waals surface area contributed by atoms with Gasteiger partial charge in [0.25, 0.3) is 5.91 Å². The second kappa shape index (κ2) is 5.81. The van der Waals surface area contributed by atoms with E-state index in [1.807, 2.05) is 18.2 Å². The third kappa shape index (κ3) is 3.19. The first-order valence-electron chi connectivity index (χ1n) is 5.80. The number of aromatic nitrogens is 2. The van der Waals surface area contributed by atoms with Crippen LogP contribution in [0.5, 0.6) is 0 Å². The van der Waals surface area contributed by atoms with Gasteiger partial charge in [-0.3, -0.25) is 4.79 Å². The molecule has 0 fully saturated rings. The lowest BCUT2D eigenvalue weighted by atomic mass is 10.3.